The summed E-state index contributed by atoms with van der Waals surface area (Å²) < 4.78 is 5.95. The van der Waals surface area contributed by atoms with Gasteiger partial charge in [-0.1, -0.05) is 56.3 Å². The summed E-state index contributed by atoms with van der Waals surface area (Å²) in [5.74, 6) is 0.680. The summed E-state index contributed by atoms with van der Waals surface area (Å²) >= 11 is 0. The molecule has 0 aromatic heterocycles. The summed E-state index contributed by atoms with van der Waals surface area (Å²) in [6.07, 6.45) is 0.324. The molecular weight excluding hydrogens is 466 g/mol. The quantitative estimate of drug-likeness (QED) is 0.238. The first kappa shape index (κ1) is 27.9. The van der Waals surface area contributed by atoms with Crippen molar-refractivity contribution < 1.29 is 19.4 Å². The summed E-state index contributed by atoms with van der Waals surface area (Å²) in [5.41, 5.74) is 3.71. The molecule has 2 amide bonds. The minimum atomic E-state index is -0.707. The maximum absolute atomic E-state index is 11.8. The lowest BCUT2D eigenvalue weighted by Gasteiger charge is -2.25. The number of para-hydroxylation sites is 1. The molecule has 4 N–H and O–H groups in total. The molecule has 0 spiro atoms. The van der Waals surface area contributed by atoms with Crippen LogP contribution in [0.25, 0.3) is 0 Å². The summed E-state index contributed by atoms with van der Waals surface area (Å²) in [5, 5.41) is 19.4. The number of anilines is 2. The molecule has 3 aromatic rings. The van der Waals surface area contributed by atoms with E-state index >= 15 is 0 Å². The number of rotatable bonds is 13. The topological polar surface area (TPSA) is 99.7 Å². The third-order valence-electron chi connectivity index (χ3n) is 6.06. The van der Waals surface area contributed by atoms with E-state index in [1.807, 2.05) is 92.7 Å². The smallest absolute Gasteiger partial charge is 0.224 e. The van der Waals surface area contributed by atoms with Gasteiger partial charge < -0.3 is 20.5 Å². The van der Waals surface area contributed by atoms with E-state index in [0.717, 1.165) is 28.9 Å². The number of hydrogen-bond donors (Lipinski definition) is 4. The second kappa shape index (κ2) is 14.2. The van der Waals surface area contributed by atoms with Crippen LogP contribution in [0.1, 0.15) is 57.1 Å². The van der Waals surface area contributed by atoms with Gasteiger partial charge in [-0.2, -0.15) is 0 Å². The van der Waals surface area contributed by atoms with Crippen molar-refractivity contribution >= 4 is 23.2 Å². The molecule has 0 fully saturated rings. The lowest BCUT2D eigenvalue weighted by Crippen LogP contribution is -2.43. The van der Waals surface area contributed by atoms with Crippen LogP contribution in [-0.4, -0.2) is 35.8 Å². The Kier molecular flexibility index (Phi) is 10.7. The van der Waals surface area contributed by atoms with Crippen molar-refractivity contribution in [2.24, 2.45) is 0 Å². The molecule has 37 heavy (non-hydrogen) atoms. The standard InChI is InChI=1S/C30H37N3O4/c1-4-28(35)32-24-15-11-22(12-16-24)27(23-13-17-25(18-14-23)33-29(36)5-2)19-20-31-30(21(3)34)37-26-9-7-6-8-10-26/h6-18,21,27,30-31,34H,4-5,19-20H2,1-3H3,(H,32,35)(H,33,36). The third-order valence-corrected chi connectivity index (χ3v) is 6.06. The van der Waals surface area contributed by atoms with E-state index in [1.165, 1.54) is 0 Å². The minimum absolute atomic E-state index is 0.0270. The number of benzene rings is 3. The van der Waals surface area contributed by atoms with E-state index in [9.17, 15) is 14.7 Å². The average Bonchev–Trinajstić information content (AvgIpc) is 2.92. The molecular formula is C30H37N3O4. The average molecular weight is 504 g/mol. The summed E-state index contributed by atoms with van der Waals surface area (Å²) in [6, 6.07) is 25.2. The Labute approximate surface area is 219 Å². The molecule has 0 radical (unpaired) electrons. The van der Waals surface area contributed by atoms with Crippen molar-refractivity contribution in [2.45, 2.75) is 58.3 Å². The van der Waals surface area contributed by atoms with Gasteiger partial charge in [0, 0.05) is 30.1 Å². The molecule has 3 aromatic carbocycles. The van der Waals surface area contributed by atoms with E-state index in [-0.39, 0.29) is 17.7 Å². The Morgan fingerprint density at radius 2 is 1.27 bits per heavy atom. The Morgan fingerprint density at radius 3 is 1.70 bits per heavy atom. The molecule has 3 rings (SSSR count). The zero-order valence-electron chi connectivity index (χ0n) is 21.7. The van der Waals surface area contributed by atoms with Crippen molar-refractivity contribution in [3.8, 4) is 5.75 Å². The Bertz CT molecular complexity index is 1050. The summed E-state index contributed by atoms with van der Waals surface area (Å²) in [6.45, 7) is 5.93. The Hall–Kier alpha value is -3.68. The molecule has 0 heterocycles. The molecule has 0 bridgehead atoms. The van der Waals surface area contributed by atoms with Crippen LogP contribution >= 0.6 is 0 Å². The number of hydrogen-bond acceptors (Lipinski definition) is 5. The van der Waals surface area contributed by atoms with E-state index < -0.39 is 12.3 Å². The number of nitrogens with one attached hydrogen (secondary N) is 3. The minimum Gasteiger partial charge on any atom is -0.473 e. The summed E-state index contributed by atoms with van der Waals surface area (Å²) in [7, 11) is 0. The number of aliphatic hydroxyl groups is 1. The number of ether oxygens (including phenoxy) is 1. The van der Waals surface area contributed by atoms with Gasteiger partial charge in [-0.15, -0.1) is 0 Å². The second-order valence-electron chi connectivity index (χ2n) is 8.93. The lowest BCUT2D eigenvalue weighted by atomic mass is 9.88. The normalized spacial score (nSPS) is 12.6. The molecule has 2 unspecified atom stereocenters. The maximum Gasteiger partial charge on any atom is 0.224 e. The van der Waals surface area contributed by atoms with Crippen LogP contribution in [0.5, 0.6) is 5.75 Å². The first-order valence-electron chi connectivity index (χ1n) is 12.8. The molecule has 0 saturated heterocycles. The van der Waals surface area contributed by atoms with Gasteiger partial charge in [0.2, 0.25) is 11.8 Å². The van der Waals surface area contributed by atoms with Crippen LogP contribution in [0.4, 0.5) is 11.4 Å². The molecule has 0 aliphatic rings. The van der Waals surface area contributed by atoms with Crippen LogP contribution in [0.3, 0.4) is 0 Å². The number of carbonyl (C=O) groups is 2. The van der Waals surface area contributed by atoms with Crippen molar-refractivity contribution in [1.29, 1.82) is 0 Å². The van der Waals surface area contributed by atoms with E-state index in [1.54, 1.807) is 6.92 Å². The van der Waals surface area contributed by atoms with Gasteiger partial charge in [0.25, 0.3) is 0 Å². The fourth-order valence-electron chi connectivity index (χ4n) is 3.95. The van der Waals surface area contributed by atoms with Gasteiger partial charge in [0.05, 0.1) is 0 Å². The van der Waals surface area contributed by atoms with E-state index in [0.29, 0.717) is 25.1 Å². The lowest BCUT2D eigenvalue weighted by molar-refractivity contribution is -0.116. The number of carbonyl (C=O) groups excluding carboxylic acids is 2. The van der Waals surface area contributed by atoms with Gasteiger partial charge in [-0.05, 0) is 67.4 Å². The van der Waals surface area contributed by atoms with Crippen molar-refractivity contribution in [1.82, 2.24) is 5.32 Å². The number of amides is 2. The molecule has 0 aliphatic carbocycles. The van der Waals surface area contributed by atoms with Gasteiger partial charge in [0.15, 0.2) is 6.23 Å². The first-order chi connectivity index (χ1) is 17.9. The maximum atomic E-state index is 11.8. The highest BCUT2D eigenvalue weighted by molar-refractivity contribution is 5.91. The fraction of sp³-hybridized carbons (Fsp3) is 0.333. The van der Waals surface area contributed by atoms with E-state index in [4.69, 9.17) is 4.74 Å². The fourth-order valence-corrected chi connectivity index (χ4v) is 3.95. The molecule has 0 saturated carbocycles. The van der Waals surface area contributed by atoms with Crippen LogP contribution < -0.4 is 20.7 Å². The predicted molar refractivity (Wildman–Crippen MR) is 148 cm³/mol. The second-order valence-corrected chi connectivity index (χ2v) is 8.93. The summed E-state index contributed by atoms with van der Waals surface area (Å²) in [4.78, 5) is 23.5. The first-order valence-corrected chi connectivity index (χ1v) is 12.8. The Balaban J connectivity index is 1.76. The highest BCUT2D eigenvalue weighted by atomic mass is 16.5. The molecule has 0 aliphatic heterocycles. The Morgan fingerprint density at radius 1 is 0.784 bits per heavy atom. The van der Waals surface area contributed by atoms with Gasteiger partial charge in [0.1, 0.15) is 11.9 Å². The zero-order chi connectivity index (χ0) is 26.6. The van der Waals surface area contributed by atoms with Crippen molar-refractivity contribution in [2.75, 3.05) is 17.2 Å². The highest BCUT2D eigenvalue weighted by Crippen LogP contribution is 2.30. The number of aliphatic hydroxyl groups excluding tert-OH is 1. The van der Waals surface area contributed by atoms with Crippen LogP contribution in [0, 0.1) is 0 Å². The third kappa shape index (κ3) is 8.74. The largest absolute Gasteiger partial charge is 0.473 e. The van der Waals surface area contributed by atoms with Gasteiger partial charge in [-0.25, -0.2) is 0 Å². The van der Waals surface area contributed by atoms with Gasteiger partial charge in [-0.3, -0.25) is 14.9 Å². The monoisotopic (exact) mass is 503 g/mol. The van der Waals surface area contributed by atoms with E-state index in [2.05, 4.69) is 16.0 Å². The molecule has 196 valence electrons. The molecule has 2 atom stereocenters. The van der Waals surface area contributed by atoms with Crippen molar-refractivity contribution in [3.63, 3.8) is 0 Å². The molecule has 7 nitrogen and oxygen atoms in total. The van der Waals surface area contributed by atoms with Crippen LogP contribution in [-0.2, 0) is 9.59 Å². The molecule has 7 heteroatoms. The highest BCUT2D eigenvalue weighted by Gasteiger charge is 2.19. The predicted octanol–water partition coefficient (Wildman–Crippen LogP) is 5.28. The van der Waals surface area contributed by atoms with Crippen LogP contribution in [0.2, 0.25) is 0 Å². The van der Waals surface area contributed by atoms with Crippen LogP contribution in [0.15, 0.2) is 78.9 Å². The zero-order valence-corrected chi connectivity index (χ0v) is 21.7. The SMILES string of the molecule is CCC(=O)Nc1ccc(C(CCNC(Oc2ccccc2)C(C)O)c2ccc(NC(=O)CC)cc2)cc1. The van der Waals surface area contributed by atoms with Gasteiger partial charge >= 0.3 is 0 Å². The van der Waals surface area contributed by atoms with Crippen molar-refractivity contribution in [3.05, 3.63) is 90.0 Å².